The Morgan fingerprint density at radius 3 is 0.792 bits per heavy atom. The first-order valence-electron chi connectivity index (χ1n) is 33.8. The van der Waals surface area contributed by atoms with Crippen molar-refractivity contribution in [1.29, 1.82) is 0 Å². The number of ether oxygens (including phenoxy) is 3. The Bertz CT molecular complexity index is 1380. The van der Waals surface area contributed by atoms with E-state index in [9.17, 15) is 14.4 Å². The molecule has 0 rings (SSSR count). The van der Waals surface area contributed by atoms with Crippen LogP contribution in [0.1, 0.15) is 355 Å². The summed E-state index contributed by atoms with van der Waals surface area (Å²) < 4.78 is 16.9. The topological polar surface area (TPSA) is 78.9 Å². The second-order valence-corrected chi connectivity index (χ2v) is 22.7. The molecule has 1 atom stereocenters. The minimum absolute atomic E-state index is 0.0830. The van der Waals surface area contributed by atoms with Crippen LogP contribution in [0, 0.1) is 0 Å². The Balaban J connectivity index is 4.34. The second-order valence-electron chi connectivity index (χ2n) is 22.7. The van der Waals surface area contributed by atoms with Gasteiger partial charge in [-0.3, -0.25) is 14.4 Å². The van der Waals surface area contributed by atoms with Gasteiger partial charge in [0.05, 0.1) is 0 Å². The molecule has 0 saturated heterocycles. The van der Waals surface area contributed by atoms with Gasteiger partial charge in [0.15, 0.2) is 6.10 Å². The summed E-state index contributed by atoms with van der Waals surface area (Å²) in [5.41, 5.74) is 0. The van der Waals surface area contributed by atoms with E-state index in [1.165, 1.54) is 218 Å². The molecule has 0 saturated carbocycles. The van der Waals surface area contributed by atoms with Crippen molar-refractivity contribution in [2.45, 2.75) is 361 Å². The highest BCUT2D eigenvalue weighted by molar-refractivity contribution is 5.71. The third-order valence-corrected chi connectivity index (χ3v) is 15.0. The summed E-state index contributed by atoms with van der Waals surface area (Å²) in [7, 11) is 0. The van der Waals surface area contributed by atoms with Crippen LogP contribution in [0.25, 0.3) is 0 Å². The summed E-state index contributed by atoms with van der Waals surface area (Å²) in [5, 5.41) is 0. The van der Waals surface area contributed by atoms with E-state index in [-0.39, 0.29) is 31.1 Å². The van der Waals surface area contributed by atoms with Crippen LogP contribution in [0.2, 0.25) is 0 Å². The third-order valence-electron chi connectivity index (χ3n) is 15.0. The van der Waals surface area contributed by atoms with Crippen LogP contribution in [-0.4, -0.2) is 37.2 Å². The lowest BCUT2D eigenvalue weighted by Gasteiger charge is -2.18. The van der Waals surface area contributed by atoms with Gasteiger partial charge in [0.25, 0.3) is 0 Å². The summed E-state index contributed by atoms with van der Waals surface area (Å²) in [6.07, 6.45) is 83.8. The Morgan fingerprint density at radius 1 is 0.273 bits per heavy atom. The van der Waals surface area contributed by atoms with E-state index in [2.05, 4.69) is 81.5 Å². The third kappa shape index (κ3) is 63.8. The van der Waals surface area contributed by atoms with Crippen molar-refractivity contribution in [3.05, 3.63) is 60.8 Å². The van der Waals surface area contributed by atoms with Crippen LogP contribution >= 0.6 is 0 Å². The number of hydrogen-bond acceptors (Lipinski definition) is 6. The molecule has 0 aromatic rings. The summed E-state index contributed by atoms with van der Waals surface area (Å²) in [5.74, 6) is -0.891. The lowest BCUT2D eigenvalue weighted by atomic mass is 10.0. The molecular weight excluding hydrogens is 949 g/mol. The standard InChI is InChI=1S/C71H128O6/c1-4-7-10-13-16-19-22-25-28-31-33-34-35-36-37-39-40-43-46-49-52-55-58-61-64-70(73)76-67-68(66-75-69(72)63-60-57-54-51-48-45-42-30-27-24-21-18-15-12-9-6-3)77-71(74)65-62-59-56-53-50-47-44-41-38-32-29-26-23-20-17-14-11-8-5-2/h8,11,17,20,26,29,38,41,47,50,68H,4-7,9-10,12-16,18-19,21-25,27-28,30-37,39-40,42-46,48-49,51-67H2,1-3H3/b11-8-,20-17-,29-26-,41-38-,50-47-. The maximum Gasteiger partial charge on any atom is 0.306 e. The minimum Gasteiger partial charge on any atom is -0.462 e. The fraction of sp³-hybridized carbons (Fsp3) is 0.817. The van der Waals surface area contributed by atoms with Crippen molar-refractivity contribution in [3.8, 4) is 0 Å². The molecule has 1 unspecified atom stereocenters. The van der Waals surface area contributed by atoms with Gasteiger partial charge in [-0.1, -0.05) is 332 Å². The van der Waals surface area contributed by atoms with Crippen molar-refractivity contribution in [2.75, 3.05) is 13.2 Å². The molecule has 448 valence electrons. The van der Waals surface area contributed by atoms with Crippen molar-refractivity contribution < 1.29 is 28.6 Å². The molecular formula is C71H128O6. The maximum absolute atomic E-state index is 12.9. The molecule has 6 heteroatoms. The van der Waals surface area contributed by atoms with E-state index in [1.54, 1.807) is 0 Å². The van der Waals surface area contributed by atoms with E-state index >= 15 is 0 Å². The van der Waals surface area contributed by atoms with Gasteiger partial charge in [0.1, 0.15) is 13.2 Å². The number of esters is 3. The first-order chi connectivity index (χ1) is 38.0. The first-order valence-corrected chi connectivity index (χ1v) is 33.8. The fourth-order valence-corrected chi connectivity index (χ4v) is 10.0. The fourth-order valence-electron chi connectivity index (χ4n) is 10.0. The monoisotopic (exact) mass is 1080 g/mol. The second kappa shape index (κ2) is 65.6. The summed E-state index contributed by atoms with van der Waals surface area (Å²) in [4.78, 5) is 38.4. The van der Waals surface area contributed by atoms with E-state index in [0.717, 1.165) is 96.3 Å². The SMILES string of the molecule is CC/C=C\C/C=C\C/C=C\C/C=C\C/C=C\CCCCCC(=O)OC(COC(=O)CCCCCCCCCCCCCCCCCC)COC(=O)CCCCCCCCCCCCCCCCCCCCCCCCCC. The van der Waals surface area contributed by atoms with Gasteiger partial charge >= 0.3 is 17.9 Å². The van der Waals surface area contributed by atoms with E-state index < -0.39 is 6.10 Å². The molecule has 0 aromatic heterocycles. The van der Waals surface area contributed by atoms with Gasteiger partial charge in [-0.05, 0) is 64.2 Å². The van der Waals surface area contributed by atoms with E-state index in [0.29, 0.717) is 19.3 Å². The highest BCUT2D eigenvalue weighted by atomic mass is 16.6. The largest absolute Gasteiger partial charge is 0.462 e. The molecule has 0 bridgehead atoms. The molecule has 0 N–H and O–H groups in total. The number of carbonyl (C=O) groups is 3. The first kappa shape index (κ1) is 74.1. The number of allylic oxidation sites excluding steroid dienone is 10. The average Bonchev–Trinajstić information content (AvgIpc) is 3.43. The number of rotatable bonds is 62. The van der Waals surface area contributed by atoms with E-state index in [4.69, 9.17) is 14.2 Å². The summed E-state index contributed by atoms with van der Waals surface area (Å²) in [6.45, 7) is 6.56. The predicted octanol–water partition coefficient (Wildman–Crippen LogP) is 23.1. The molecule has 0 aliphatic heterocycles. The Hall–Kier alpha value is -2.89. The van der Waals surface area contributed by atoms with Crippen molar-refractivity contribution in [2.24, 2.45) is 0 Å². The molecule has 0 amide bonds. The van der Waals surface area contributed by atoms with Gasteiger partial charge in [-0.25, -0.2) is 0 Å². The van der Waals surface area contributed by atoms with E-state index in [1.807, 2.05) is 0 Å². The van der Waals surface area contributed by atoms with Gasteiger partial charge < -0.3 is 14.2 Å². The minimum atomic E-state index is -0.790. The lowest BCUT2D eigenvalue weighted by Crippen LogP contribution is -2.30. The molecule has 6 nitrogen and oxygen atoms in total. The molecule has 0 aromatic carbocycles. The van der Waals surface area contributed by atoms with Crippen LogP contribution in [0.15, 0.2) is 60.8 Å². The lowest BCUT2D eigenvalue weighted by molar-refractivity contribution is -0.167. The van der Waals surface area contributed by atoms with Gasteiger partial charge in [-0.2, -0.15) is 0 Å². The normalized spacial score (nSPS) is 12.4. The number of hydrogen-bond donors (Lipinski definition) is 0. The van der Waals surface area contributed by atoms with Crippen molar-refractivity contribution in [3.63, 3.8) is 0 Å². The van der Waals surface area contributed by atoms with Crippen LogP contribution in [0.5, 0.6) is 0 Å². The van der Waals surface area contributed by atoms with Crippen LogP contribution in [0.3, 0.4) is 0 Å². The van der Waals surface area contributed by atoms with Gasteiger partial charge in [0, 0.05) is 19.3 Å². The molecule has 0 aliphatic carbocycles. The Kier molecular flexibility index (Phi) is 63.2. The maximum atomic E-state index is 12.9. The summed E-state index contributed by atoms with van der Waals surface area (Å²) >= 11 is 0. The van der Waals surface area contributed by atoms with Crippen molar-refractivity contribution in [1.82, 2.24) is 0 Å². The highest BCUT2D eigenvalue weighted by Gasteiger charge is 2.19. The van der Waals surface area contributed by atoms with Gasteiger partial charge in [-0.15, -0.1) is 0 Å². The zero-order valence-electron chi connectivity index (χ0n) is 51.5. The zero-order chi connectivity index (χ0) is 55.7. The Labute approximate surface area is 479 Å². The highest BCUT2D eigenvalue weighted by Crippen LogP contribution is 2.18. The molecule has 0 radical (unpaired) electrons. The molecule has 77 heavy (non-hydrogen) atoms. The molecule has 0 aliphatic rings. The van der Waals surface area contributed by atoms with Crippen LogP contribution < -0.4 is 0 Å². The summed E-state index contributed by atoms with van der Waals surface area (Å²) in [6, 6.07) is 0. The molecule has 0 spiro atoms. The average molecular weight is 1080 g/mol. The van der Waals surface area contributed by atoms with Gasteiger partial charge in [0.2, 0.25) is 0 Å². The molecule has 0 heterocycles. The van der Waals surface area contributed by atoms with Crippen LogP contribution in [-0.2, 0) is 28.6 Å². The quantitative estimate of drug-likeness (QED) is 0.0261. The number of unbranched alkanes of at least 4 members (excludes halogenated alkanes) is 41. The van der Waals surface area contributed by atoms with Crippen molar-refractivity contribution >= 4 is 17.9 Å². The smallest absolute Gasteiger partial charge is 0.306 e. The predicted molar refractivity (Wildman–Crippen MR) is 335 cm³/mol. The number of carbonyl (C=O) groups excluding carboxylic acids is 3. The zero-order valence-corrected chi connectivity index (χ0v) is 51.5. The Morgan fingerprint density at radius 2 is 0.506 bits per heavy atom. The van der Waals surface area contributed by atoms with Crippen LogP contribution in [0.4, 0.5) is 0 Å². The molecule has 0 fully saturated rings.